The fourth-order valence-corrected chi connectivity index (χ4v) is 1.72. The Kier molecular flexibility index (Phi) is 4.14. The lowest BCUT2D eigenvalue weighted by molar-refractivity contribution is -0.142. The molecule has 0 saturated heterocycles. The van der Waals surface area contributed by atoms with Gasteiger partial charge in [-0.2, -0.15) is 5.10 Å². The number of esters is 1. The van der Waals surface area contributed by atoms with Crippen LogP contribution < -0.4 is 5.32 Å². The van der Waals surface area contributed by atoms with Crippen molar-refractivity contribution in [3.63, 3.8) is 0 Å². The zero-order valence-electron chi connectivity index (χ0n) is 11.2. The van der Waals surface area contributed by atoms with E-state index in [1.54, 1.807) is 25.5 Å². The number of methoxy groups -OCH3 is 1. The molecule has 20 heavy (non-hydrogen) atoms. The predicted octanol–water partition coefficient (Wildman–Crippen LogP) is -0.343. The Hall–Kier alpha value is -2.64. The van der Waals surface area contributed by atoms with E-state index in [9.17, 15) is 9.59 Å². The molecule has 2 rings (SSSR count). The number of nitrogens with one attached hydrogen (secondary N) is 2. The van der Waals surface area contributed by atoms with Gasteiger partial charge in [-0.25, -0.2) is 9.78 Å². The summed E-state index contributed by atoms with van der Waals surface area (Å²) in [6.45, 7) is 0. The van der Waals surface area contributed by atoms with E-state index in [4.69, 9.17) is 0 Å². The third-order valence-corrected chi connectivity index (χ3v) is 2.72. The molecule has 0 aromatic carbocycles. The van der Waals surface area contributed by atoms with Gasteiger partial charge in [0, 0.05) is 31.6 Å². The molecule has 0 bridgehead atoms. The molecule has 8 heteroatoms. The third kappa shape index (κ3) is 3.22. The van der Waals surface area contributed by atoms with E-state index in [1.165, 1.54) is 18.1 Å². The molecule has 2 aromatic rings. The largest absolute Gasteiger partial charge is 0.467 e. The Balaban J connectivity index is 2.07. The zero-order valence-corrected chi connectivity index (χ0v) is 11.2. The summed E-state index contributed by atoms with van der Waals surface area (Å²) in [7, 11) is 2.98. The number of aryl methyl sites for hydroxylation is 1. The van der Waals surface area contributed by atoms with Crippen molar-refractivity contribution < 1.29 is 14.3 Å². The molecular weight excluding hydrogens is 262 g/mol. The number of aromatic amines is 1. The number of hydrogen-bond donors (Lipinski definition) is 2. The van der Waals surface area contributed by atoms with E-state index in [0.717, 1.165) is 5.69 Å². The first kappa shape index (κ1) is 13.8. The number of H-pyrrole nitrogens is 1. The fourth-order valence-electron chi connectivity index (χ4n) is 1.72. The summed E-state index contributed by atoms with van der Waals surface area (Å²) in [6.07, 6.45) is 5.01. The molecule has 0 aliphatic heterocycles. The Morgan fingerprint density at radius 1 is 1.55 bits per heavy atom. The van der Waals surface area contributed by atoms with Crippen LogP contribution in [0.2, 0.25) is 0 Å². The van der Waals surface area contributed by atoms with E-state index < -0.39 is 17.9 Å². The number of nitrogens with zero attached hydrogens (tertiary/aromatic N) is 3. The number of imidazole rings is 1. The van der Waals surface area contributed by atoms with Crippen molar-refractivity contribution >= 4 is 11.9 Å². The Labute approximate surface area is 115 Å². The lowest BCUT2D eigenvalue weighted by Crippen LogP contribution is -2.43. The maximum atomic E-state index is 12.0. The number of carbonyl (C=O) groups excluding carboxylic acids is 2. The van der Waals surface area contributed by atoms with Crippen LogP contribution in [0.25, 0.3) is 0 Å². The highest BCUT2D eigenvalue weighted by Crippen LogP contribution is 2.02. The second-order valence-corrected chi connectivity index (χ2v) is 4.20. The van der Waals surface area contributed by atoms with Gasteiger partial charge < -0.3 is 15.0 Å². The summed E-state index contributed by atoms with van der Waals surface area (Å²) < 4.78 is 6.20. The van der Waals surface area contributed by atoms with Crippen LogP contribution in [0.3, 0.4) is 0 Å². The fraction of sp³-hybridized carbons (Fsp3) is 0.333. The first-order valence-corrected chi connectivity index (χ1v) is 5.95. The van der Waals surface area contributed by atoms with Crippen molar-refractivity contribution in [2.45, 2.75) is 12.5 Å². The Morgan fingerprint density at radius 3 is 2.90 bits per heavy atom. The summed E-state index contributed by atoms with van der Waals surface area (Å²) >= 11 is 0. The van der Waals surface area contributed by atoms with Crippen molar-refractivity contribution in [3.05, 3.63) is 36.2 Å². The van der Waals surface area contributed by atoms with Crippen molar-refractivity contribution in [2.75, 3.05) is 7.11 Å². The highest BCUT2D eigenvalue weighted by atomic mass is 16.5. The average Bonchev–Trinajstić information content (AvgIpc) is 3.08. The number of hydrogen-bond acceptors (Lipinski definition) is 5. The molecule has 106 valence electrons. The van der Waals surface area contributed by atoms with Crippen LogP contribution in [0, 0.1) is 0 Å². The third-order valence-electron chi connectivity index (χ3n) is 2.72. The summed E-state index contributed by atoms with van der Waals surface area (Å²) in [4.78, 5) is 30.4. The minimum absolute atomic E-state index is 0.242. The number of rotatable bonds is 5. The molecule has 0 aliphatic rings. The number of amides is 1. The van der Waals surface area contributed by atoms with Gasteiger partial charge in [0.25, 0.3) is 5.91 Å². The first-order chi connectivity index (χ1) is 9.60. The van der Waals surface area contributed by atoms with Gasteiger partial charge in [0.2, 0.25) is 0 Å². The second-order valence-electron chi connectivity index (χ2n) is 4.20. The molecular formula is C12H15N5O3. The van der Waals surface area contributed by atoms with E-state index in [0.29, 0.717) is 0 Å². The summed E-state index contributed by atoms with van der Waals surface area (Å²) in [6, 6.07) is 0.773. The molecule has 0 spiro atoms. The lowest BCUT2D eigenvalue weighted by Gasteiger charge is -2.14. The summed E-state index contributed by atoms with van der Waals surface area (Å²) in [5.41, 5.74) is 0.965. The molecule has 0 aliphatic carbocycles. The minimum Gasteiger partial charge on any atom is -0.467 e. The number of aromatic nitrogens is 4. The number of ether oxygens (including phenoxy) is 1. The molecule has 2 N–H and O–H groups in total. The molecule has 0 unspecified atom stereocenters. The van der Waals surface area contributed by atoms with Crippen LogP contribution in [-0.4, -0.2) is 44.8 Å². The standard InChI is InChI=1S/C12H15N5O3/c1-17-4-3-9(16-17)11(18)15-10(12(19)20-2)5-8-6-13-7-14-8/h3-4,6-7,10H,5H2,1-2H3,(H,13,14)(H,15,18)/t10-/m0/s1. The maximum absolute atomic E-state index is 12.0. The SMILES string of the molecule is COC(=O)[C@H](Cc1cnc[nH]1)NC(=O)c1ccn(C)n1. The van der Waals surface area contributed by atoms with Crippen LogP contribution in [-0.2, 0) is 23.0 Å². The molecule has 2 aromatic heterocycles. The molecule has 1 amide bonds. The molecule has 0 fully saturated rings. The smallest absolute Gasteiger partial charge is 0.328 e. The van der Waals surface area contributed by atoms with Gasteiger partial charge in [0.1, 0.15) is 11.7 Å². The van der Waals surface area contributed by atoms with Crippen LogP contribution in [0.15, 0.2) is 24.8 Å². The second kappa shape index (κ2) is 6.00. The normalized spacial score (nSPS) is 11.9. The quantitative estimate of drug-likeness (QED) is 0.728. The molecule has 8 nitrogen and oxygen atoms in total. The average molecular weight is 277 g/mol. The summed E-state index contributed by atoms with van der Waals surface area (Å²) in [5, 5.41) is 6.58. The van der Waals surface area contributed by atoms with Gasteiger partial charge in [-0.1, -0.05) is 0 Å². The Morgan fingerprint density at radius 2 is 2.35 bits per heavy atom. The molecule has 2 heterocycles. The molecule has 0 radical (unpaired) electrons. The van der Waals surface area contributed by atoms with E-state index in [-0.39, 0.29) is 12.1 Å². The highest BCUT2D eigenvalue weighted by molar-refractivity contribution is 5.95. The van der Waals surface area contributed by atoms with Crippen LogP contribution in [0.1, 0.15) is 16.2 Å². The first-order valence-electron chi connectivity index (χ1n) is 5.95. The minimum atomic E-state index is -0.796. The van der Waals surface area contributed by atoms with Crippen molar-refractivity contribution in [2.24, 2.45) is 7.05 Å². The van der Waals surface area contributed by atoms with Crippen molar-refractivity contribution in [1.29, 1.82) is 0 Å². The van der Waals surface area contributed by atoms with Crippen LogP contribution in [0.4, 0.5) is 0 Å². The molecule has 1 atom stereocenters. The highest BCUT2D eigenvalue weighted by Gasteiger charge is 2.23. The van der Waals surface area contributed by atoms with Gasteiger partial charge in [-0.15, -0.1) is 0 Å². The Bertz CT molecular complexity index is 590. The van der Waals surface area contributed by atoms with Gasteiger partial charge in [0.15, 0.2) is 0 Å². The topological polar surface area (TPSA) is 102 Å². The summed E-state index contributed by atoms with van der Waals surface area (Å²) in [5.74, 6) is -0.954. The van der Waals surface area contributed by atoms with Crippen LogP contribution >= 0.6 is 0 Å². The van der Waals surface area contributed by atoms with Gasteiger partial charge in [-0.3, -0.25) is 9.48 Å². The predicted molar refractivity (Wildman–Crippen MR) is 68.8 cm³/mol. The lowest BCUT2D eigenvalue weighted by atomic mass is 10.1. The number of carbonyl (C=O) groups is 2. The van der Waals surface area contributed by atoms with Crippen LogP contribution in [0.5, 0.6) is 0 Å². The van der Waals surface area contributed by atoms with Crippen molar-refractivity contribution in [1.82, 2.24) is 25.1 Å². The van der Waals surface area contributed by atoms with Gasteiger partial charge in [0.05, 0.1) is 13.4 Å². The van der Waals surface area contributed by atoms with Gasteiger partial charge in [-0.05, 0) is 6.07 Å². The molecule has 0 saturated carbocycles. The van der Waals surface area contributed by atoms with Crippen molar-refractivity contribution in [3.8, 4) is 0 Å². The van der Waals surface area contributed by atoms with E-state index >= 15 is 0 Å². The zero-order chi connectivity index (χ0) is 14.5. The monoisotopic (exact) mass is 277 g/mol. The van der Waals surface area contributed by atoms with Gasteiger partial charge >= 0.3 is 5.97 Å². The maximum Gasteiger partial charge on any atom is 0.328 e. The van der Waals surface area contributed by atoms with E-state index in [2.05, 4.69) is 25.1 Å². The van der Waals surface area contributed by atoms with E-state index in [1.807, 2.05) is 0 Å².